The lowest BCUT2D eigenvalue weighted by molar-refractivity contribution is 0.768. The number of aromatic nitrogens is 4. The van der Waals surface area contributed by atoms with Crippen molar-refractivity contribution in [2.75, 3.05) is 0 Å². The van der Waals surface area contributed by atoms with Crippen LogP contribution in [0.1, 0.15) is 0 Å². The first-order valence-corrected chi connectivity index (χ1v) is 3.63. The molecule has 2 aromatic heterocycles. The Morgan fingerprint density at radius 2 is 2.33 bits per heavy atom. The first kappa shape index (κ1) is 6.97. The number of hydrogen-bond acceptors (Lipinski definition) is 3. The van der Waals surface area contributed by atoms with E-state index in [0.717, 1.165) is 11.3 Å². The highest BCUT2D eigenvalue weighted by Crippen LogP contribution is 2.12. The minimum atomic E-state index is 0.852. The molecule has 0 aliphatic rings. The van der Waals surface area contributed by atoms with Crippen molar-refractivity contribution in [3.63, 3.8) is 0 Å². The van der Waals surface area contributed by atoms with Crippen molar-refractivity contribution in [3.8, 4) is 11.3 Å². The predicted octanol–water partition coefficient (Wildman–Crippen LogP) is 0.877. The number of rotatable bonds is 1. The molecule has 4 heteroatoms. The van der Waals surface area contributed by atoms with Crippen LogP contribution in [0.25, 0.3) is 11.3 Å². The van der Waals surface area contributed by atoms with E-state index < -0.39 is 0 Å². The van der Waals surface area contributed by atoms with E-state index in [4.69, 9.17) is 0 Å². The molecule has 0 atom stereocenters. The summed E-state index contributed by atoms with van der Waals surface area (Å²) in [5.74, 6) is 0. The number of hydrogen-bond donors (Lipinski definition) is 0. The third-order valence-corrected chi connectivity index (χ3v) is 1.57. The van der Waals surface area contributed by atoms with E-state index in [1.54, 1.807) is 17.1 Å². The van der Waals surface area contributed by atoms with Gasteiger partial charge in [-0.2, -0.15) is 15.3 Å². The molecule has 0 saturated heterocycles. The van der Waals surface area contributed by atoms with Crippen molar-refractivity contribution in [2.24, 2.45) is 7.05 Å². The van der Waals surface area contributed by atoms with E-state index >= 15 is 0 Å². The molecule has 60 valence electrons. The molecule has 2 rings (SSSR count). The minimum Gasteiger partial charge on any atom is -0.275 e. The van der Waals surface area contributed by atoms with Crippen LogP contribution in [0.15, 0.2) is 30.7 Å². The molecule has 0 saturated carbocycles. The monoisotopic (exact) mass is 160 g/mol. The van der Waals surface area contributed by atoms with Crippen molar-refractivity contribution in [1.29, 1.82) is 0 Å². The van der Waals surface area contributed by atoms with E-state index in [0.29, 0.717) is 0 Å². The van der Waals surface area contributed by atoms with Gasteiger partial charge in [-0.3, -0.25) is 4.68 Å². The fourth-order valence-electron chi connectivity index (χ4n) is 1.01. The van der Waals surface area contributed by atoms with Gasteiger partial charge in [0.2, 0.25) is 0 Å². The van der Waals surface area contributed by atoms with Crippen molar-refractivity contribution >= 4 is 0 Å². The van der Waals surface area contributed by atoms with Gasteiger partial charge < -0.3 is 0 Å². The molecule has 0 aliphatic carbocycles. The lowest BCUT2D eigenvalue weighted by Crippen LogP contribution is -1.85. The SMILES string of the molecule is Cn1cc(-c2cccnn2)cn1. The Kier molecular flexibility index (Phi) is 1.59. The molecular formula is C8H8N4. The van der Waals surface area contributed by atoms with E-state index in [1.807, 2.05) is 25.4 Å². The van der Waals surface area contributed by atoms with Gasteiger partial charge in [0.05, 0.1) is 11.9 Å². The molecule has 0 N–H and O–H groups in total. The second-order valence-electron chi connectivity index (χ2n) is 2.51. The molecule has 0 radical (unpaired) electrons. The highest BCUT2D eigenvalue weighted by molar-refractivity contribution is 5.55. The van der Waals surface area contributed by atoms with E-state index in [2.05, 4.69) is 15.3 Å². The van der Waals surface area contributed by atoms with Crippen LogP contribution < -0.4 is 0 Å². The predicted molar refractivity (Wildman–Crippen MR) is 44.2 cm³/mol. The summed E-state index contributed by atoms with van der Waals surface area (Å²) >= 11 is 0. The summed E-state index contributed by atoms with van der Waals surface area (Å²) in [7, 11) is 1.87. The Bertz CT molecular complexity index is 366. The van der Waals surface area contributed by atoms with Gasteiger partial charge in [-0.1, -0.05) is 0 Å². The van der Waals surface area contributed by atoms with Crippen LogP contribution in [0.2, 0.25) is 0 Å². The molecule has 4 nitrogen and oxygen atoms in total. The Morgan fingerprint density at radius 3 is 2.92 bits per heavy atom. The molecule has 0 unspecified atom stereocenters. The maximum atomic E-state index is 4.04. The first-order chi connectivity index (χ1) is 5.86. The first-order valence-electron chi connectivity index (χ1n) is 3.63. The zero-order valence-electron chi connectivity index (χ0n) is 6.68. The van der Waals surface area contributed by atoms with Gasteiger partial charge >= 0.3 is 0 Å². The third-order valence-electron chi connectivity index (χ3n) is 1.57. The van der Waals surface area contributed by atoms with Gasteiger partial charge in [-0.05, 0) is 12.1 Å². The minimum absolute atomic E-state index is 0.852. The smallest absolute Gasteiger partial charge is 0.0961 e. The lowest BCUT2D eigenvalue weighted by Gasteiger charge is -1.90. The summed E-state index contributed by atoms with van der Waals surface area (Å²) in [6.45, 7) is 0. The largest absolute Gasteiger partial charge is 0.275 e. The summed E-state index contributed by atoms with van der Waals surface area (Å²) in [5, 5.41) is 11.8. The highest BCUT2D eigenvalue weighted by atomic mass is 15.2. The summed E-state index contributed by atoms with van der Waals surface area (Å²) < 4.78 is 1.74. The van der Waals surface area contributed by atoms with E-state index in [-0.39, 0.29) is 0 Å². The lowest BCUT2D eigenvalue weighted by atomic mass is 10.2. The van der Waals surface area contributed by atoms with Gasteiger partial charge in [0, 0.05) is 25.0 Å². The molecule has 0 amide bonds. The Labute approximate surface area is 69.9 Å². The zero-order chi connectivity index (χ0) is 8.39. The summed E-state index contributed by atoms with van der Waals surface area (Å²) in [6.07, 6.45) is 5.33. The molecule has 0 spiro atoms. The van der Waals surface area contributed by atoms with Gasteiger partial charge in [-0.25, -0.2) is 0 Å². The van der Waals surface area contributed by atoms with Gasteiger partial charge in [0.1, 0.15) is 0 Å². The topological polar surface area (TPSA) is 43.6 Å². The van der Waals surface area contributed by atoms with Crippen LogP contribution in [0.3, 0.4) is 0 Å². The van der Waals surface area contributed by atoms with Crippen LogP contribution >= 0.6 is 0 Å². The van der Waals surface area contributed by atoms with Crippen LogP contribution in [-0.4, -0.2) is 20.0 Å². The fourth-order valence-corrected chi connectivity index (χ4v) is 1.01. The molecular weight excluding hydrogens is 152 g/mol. The quantitative estimate of drug-likeness (QED) is 0.622. The molecule has 0 aliphatic heterocycles. The second kappa shape index (κ2) is 2.73. The van der Waals surface area contributed by atoms with Crippen LogP contribution in [0.4, 0.5) is 0 Å². The molecule has 2 aromatic rings. The summed E-state index contributed by atoms with van der Waals surface area (Å²) in [4.78, 5) is 0. The molecule has 12 heavy (non-hydrogen) atoms. The normalized spacial score (nSPS) is 10.1. The Hall–Kier alpha value is -1.71. The van der Waals surface area contributed by atoms with E-state index in [9.17, 15) is 0 Å². The zero-order valence-corrected chi connectivity index (χ0v) is 6.68. The summed E-state index contributed by atoms with van der Waals surface area (Å²) in [6, 6.07) is 3.76. The van der Waals surface area contributed by atoms with Crippen LogP contribution in [0.5, 0.6) is 0 Å². The van der Waals surface area contributed by atoms with Gasteiger partial charge in [0.25, 0.3) is 0 Å². The van der Waals surface area contributed by atoms with Crippen LogP contribution in [0, 0.1) is 0 Å². The average Bonchev–Trinajstić information content (AvgIpc) is 2.54. The van der Waals surface area contributed by atoms with Gasteiger partial charge in [0.15, 0.2) is 0 Å². The number of nitrogens with zero attached hydrogens (tertiary/aromatic N) is 4. The molecule has 0 bridgehead atoms. The maximum Gasteiger partial charge on any atom is 0.0961 e. The van der Waals surface area contributed by atoms with Gasteiger partial charge in [-0.15, -0.1) is 0 Å². The number of aryl methyl sites for hydroxylation is 1. The fraction of sp³-hybridized carbons (Fsp3) is 0.125. The highest BCUT2D eigenvalue weighted by Gasteiger charge is 1.99. The second-order valence-corrected chi connectivity index (χ2v) is 2.51. The van der Waals surface area contributed by atoms with E-state index in [1.165, 1.54) is 0 Å². The maximum absolute atomic E-state index is 4.04. The standard InChI is InChI=1S/C8H8N4/c1-12-6-7(5-10-12)8-3-2-4-9-11-8/h2-6H,1H3. The van der Waals surface area contributed by atoms with Crippen molar-refractivity contribution < 1.29 is 0 Å². The molecule has 0 aromatic carbocycles. The van der Waals surface area contributed by atoms with Crippen molar-refractivity contribution in [3.05, 3.63) is 30.7 Å². The Morgan fingerprint density at radius 1 is 1.42 bits per heavy atom. The van der Waals surface area contributed by atoms with Crippen LogP contribution in [-0.2, 0) is 7.05 Å². The molecule has 2 heterocycles. The molecule has 0 fully saturated rings. The third kappa shape index (κ3) is 1.18. The van der Waals surface area contributed by atoms with Crippen molar-refractivity contribution in [1.82, 2.24) is 20.0 Å². The van der Waals surface area contributed by atoms with Crippen molar-refractivity contribution in [2.45, 2.75) is 0 Å². The Balaban J connectivity index is 2.45. The summed E-state index contributed by atoms with van der Waals surface area (Å²) in [5.41, 5.74) is 1.84. The average molecular weight is 160 g/mol.